The zero-order chi connectivity index (χ0) is 48.6. The number of aromatic nitrogens is 2. The van der Waals surface area contributed by atoms with Crippen LogP contribution in [0.1, 0.15) is 98.4 Å². The van der Waals surface area contributed by atoms with Gasteiger partial charge < -0.3 is 38.6 Å². The minimum Gasteiger partial charge on any atom is -0.508 e. The maximum absolute atomic E-state index is 15.8. The molecule has 3 heterocycles. The van der Waals surface area contributed by atoms with Gasteiger partial charge in [-0.15, -0.1) is 5.10 Å². The fourth-order valence-electron chi connectivity index (χ4n) is 8.46. The monoisotopic (exact) mass is 917 g/mol. The maximum Gasteiger partial charge on any atom is 0.435 e. The van der Waals surface area contributed by atoms with E-state index in [4.69, 9.17) is 23.7 Å². The molecular formula is C52H63N5O10. The Morgan fingerprint density at radius 1 is 0.642 bits per heavy atom. The molecule has 0 aliphatic carbocycles. The van der Waals surface area contributed by atoms with Gasteiger partial charge in [-0.05, 0) is 136 Å². The molecule has 7 rings (SSSR count). The number of phenolic OH excluding ortho intramolecular Hbond substituents is 1. The number of ether oxygens (including phenoxy) is 5. The Morgan fingerprint density at radius 3 is 1.55 bits per heavy atom. The van der Waals surface area contributed by atoms with Crippen LogP contribution in [-0.2, 0) is 49.6 Å². The number of rotatable bonds is 9. The van der Waals surface area contributed by atoms with Crippen LogP contribution in [0.5, 0.6) is 5.75 Å². The van der Waals surface area contributed by atoms with Gasteiger partial charge in [-0.25, -0.2) is 19.2 Å². The minimum atomic E-state index is -1.07. The number of phenols is 1. The van der Waals surface area contributed by atoms with E-state index in [-0.39, 0.29) is 41.6 Å². The smallest absolute Gasteiger partial charge is 0.435 e. The molecule has 0 unspecified atom stereocenters. The standard InChI is InChI=1S/C52H63N5O10/c1-49(2,3)65-46(60)56(47(61)66-50(4,5)6)44-38-28-36(24-27-39(38)57(53-44)48(62)67-51(7,8)9)32-55-41(30-34-20-16-13-17-21-34)43-42(63-52(10,11)64-43)40(29-33-18-14-12-15-19-33)54(45(55)59)31-35-22-25-37(58)26-23-35/h12-28,40-43,58H,29-32H2,1-11H3/t40-,41-,42+,43+/m1/s1. The van der Waals surface area contributed by atoms with E-state index >= 15 is 4.79 Å². The van der Waals surface area contributed by atoms with Crippen LogP contribution in [0.15, 0.2) is 103 Å². The van der Waals surface area contributed by atoms with E-state index in [1.54, 1.807) is 110 Å². The van der Waals surface area contributed by atoms with Crippen molar-refractivity contribution in [3.63, 3.8) is 0 Å². The predicted molar refractivity (Wildman–Crippen MR) is 253 cm³/mol. The van der Waals surface area contributed by atoms with Crippen LogP contribution in [0.3, 0.4) is 0 Å². The van der Waals surface area contributed by atoms with E-state index < -0.39 is 65.2 Å². The number of amides is 4. The van der Waals surface area contributed by atoms with Crippen molar-refractivity contribution in [1.29, 1.82) is 0 Å². The molecule has 4 aromatic carbocycles. The average Bonchev–Trinajstić information content (AvgIpc) is 3.74. The van der Waals surface area contributed by atoms with Crippen LogP contribution in [0.4, 0.5) is 25.0 Å². The van der Waals surface area contributed by atoms with Crippen molar-refractivity contribution in [1.82, 2.24) is 19.6 Å². The molecule has 356 valence electrons. The zero-order valence-electron chi connectivity index (χ0n) is 40.3. The van der Waals surface area contributed by atoms with E-state index in [2.05, 4.69) is 5.10 Å². The minimum absolute atomic E-state index is 0.0132. The molecule has 2 saturated heterocycles. The maximum atomic E-state index is 15.8. The third-order valence-corrected chi connectivity index (χ3v) is 11.1. The van der Waals surface area contributed by atoms with Crippen LogP contribution in [0.25, 0.3) is 10.9 Å². The summed E-state index contributed by atoms with van der Waals surface area (Å²) < 4.78 is 32.0. The van der Waals surface area contributed by atoms with Gasteiger partial charge in [-0.1, -0.05) is 78.9 Å². The third kappa shape index (κ3) is 11.8. The molecule has 0 saturated carbocycles. The highest BCUT2D eigenvalue weighted by Gasteiger charge is 2.55. The Labute approximate surface area is 392 Å². The van der Waals surface area contributed by atoms with Gasteiger partial charge in [0.25, 0.3) is 0 Å². The van der Waals surface area contributed by atoms with E-state index in [0.29, 0.717) is 23.3 Å². The lowest BCUT2D eigenvalue weighted by Gasteiger charge is -2.37. The summed E-state index contributed by atoms with van der Waals surface area (Å²) in [6, 6.07) is 30.4. The van der Waals surface area contributed by atoms with Crippen molar-refractivity contribution in [2.45, 2.75) is 149 Å². The molecule has 0 bridgehead atoms. The Bertz CT molecular complexity index is 2550. The van der Waals surface area contributed by atoms with E-state index in [1.807, 2.05) is 79.4 Å². The highest BCUT2D eigenvalue weighted by molar-refractivity contribution is 6.14. The first-order valence-corrected chi connectivity index (χ1v) is 22.6. The number of fused-ring (bicyclic) bond motifs is 2. The first kappa shape index (κ1) is 48.5. The summed E-state index contributed by atoms with van der Waals surface area (Å²) in [5, 5.41) is 15.0. The van der Waals surface area contributed by atoms with Crippen molar-refractivity contribution in [3.05, 3.63) is 125 Å². The molecular weight excluding hydrogens is 855 g/mol. The van der Waals surface area contributed by atoms with Gasteiger partial charge in [0, 0.05) is 18.5 Å². The van der Waals surface area contributed by atoms with Crippen LogP contribution < -0.4 is 4.90 Å². The van der Waals surface area contributed by atoms with Crippen LogP contribution >= 0.6 is 0 Å². The van der Waals surface area contributed by atoms with Gasteiger partial charge in [0.15, 0.2) is 11.6 Å². The molecule has 2 aliphatic heterocycles. The Hall–Kier alpha value is -6.45. The van der Waals surface area contributed by atoms with Crippen LogP contribution in [-0.4, -0.2) is 95.9 Å². The van der Waals surface area contributed by atoms with E-state index in [1.165, 1.54) is 0 Å². The summed E-state index contributed by atoms with van der Waals surface area (Å²) in [6.45, 7) is 19.1. The van der Waals surface area contributed by atoms with E-state index in [0.717, 1.165) is 21.4 Å². The Kier molecular flexibility index (Phi) is 13.5. The number of hydrogen-bond donors (Lipinski definition) is 1. The van der Waals surface area contributed by atoms with Crippen molar-refractivity contribution >= 4 is 41.0 Å². The highest BCUT2D eigenvalue weighted by Crippen LogP contribution is 2.41. The number of benzene rings is 4. The summed E-state index contributed by atoms with van der Waals surface area (Å²) >= 11 is 0. The third-order valence-electron chi connectivity index (χ3n) is 11.1. The second-order valence-electron chi connectivity index (χ2n) is 20.6. The zero-order valence-corrected chi connectivity index (χ0v) is 40.3. The number of carbonyl (C=O) groups is 4. The van der Waals surface area contributed by atoms with Crippen LogP contribution in [0, 0.1) is 0 Å². The number of hydrogen-bond acceptors (Lipinski definition) is 11. The van der Waals surface area contributed by atoms with Crippen molar-refractivity contribution < 1.29 is 48.0 Å². The average molecular weight is 918 g/mol. The van der Waals surface area contributed by atoms with Crippen molar-refractivity contribution in [2.24, 2.45) is 0 Å². The quantitative estimate of drug-likeness (QED) is 0.140. The molecule has 0 spiro atoms. The summed E-state index contributed by atoms with van der Waals surface area (Å²) in [6.07, 6.45) is -3.31. The van der Waals surface area contributed by atoms with Crippen LogP contribution in [0.2, 0.25) is 0 Å². The highest BCUT2D eigenvalue weighted by atomic mass is 16.8. The Morgan fingerprint density at radius 2 is 1.09 bits per heavy atom. The number of imide groups is 1. The molecule has 1 N–H and O–H groups in total. The SMILES string of the molecule is CC(C)(C)OC(=O)N(C(=O)OC(C)(C)C)c1nn(C(=O)OC(C)(C)C)c2ccc(CN3C(=O)N(Cc4ccc(O)cc4)[C@H](Cc4ccccc4)[C@@H]4OC(C)(C)O[C@H]4[C@H]3Cc3ccccc3)cc12. The summed E-state index contributed by atoms with van der Waals surface area (Å²) in [5.41, 5.74) is 0.602. The molecule has 15 nitrogen and oxygen atoms in total. The largest absolute Gasteiger partial charge is 0.508 e. The first-order chi connectivity index (χ1) is 31.3. The molecule has 0 radical (unpaired) electrons. The lowest BCUT2D eigenvalue weighted by molar-refractivity contribution is -0.157. The number of aromatic hydroxyl groups is 1. The molecule has 1 aromatic heterocycles. The summed E-state index contributed by atoms with van der Waals surface area (Å²) in [5.74, 6) is -1.14. The second kappa shape index (κ2) is 18.7. The molecule has 4 atom stereocenters. The van der Waals surface area contributed by atoms with Crippen molar-refractivity contribution in [3.8, 4) is 5.75 Å². The molecule has 2 aliphatic rings. The lowest BCUT2D eigenvalue weighted by Crippen LogP contribution is -2.51. The number of urea groups is 1. The second-order valence-corrected chi connectivity index (χ2v) is 20.6. The number of carbonyl (C=O) groups excluding carboxylic acids is 4. The molecule has 67 heavy (non-hydrogen) atoms. The predicted octanol–water partition coefficient (Wildman–Crippen LogP) is 10.4. The van der Waals surface area contributed by atoms with Gasteiger partial charge >= 0.3 is 24.3 Å². The van der Waals surface area contributed by atoms with Crippen molar-refractivity contribution in [2.75, 3.05) is 4.90 Å². The van der Waals surface area contributed by atoms with Gasteiger partial charge in [-0.2, -0.15) is 9.58 Å². The molecule has 4 amide bonds. The first-order valence-electron chi connectivity index (χ1n) is 22.6. The van der Waals surface area contributed by atoms with E-state index in [9.17, 15) is 19.5 Å². The molecule has 2 fully saturated rings. The summed E-state index contributed by atoms with van der Waals surface area (Å²) in [4.78, 5) is 62.2. The molecule has 15 heteroatoms. The normalized spacial score (nSPS) is 19.7. The topological polar surface area (TPSA) is 162 Å². The summed E-state index contributed by atoms with van der Waals surface area (Å²) in [7, 11) is 0. The van der Waals surface area contributed by atoms with Gasteiger partial charge in [0.05, 0.1) is 17.6 Å². The van der Waals surface area contributed by atoms with Gasteiger partial charge in [-0.3, -0.25) is 0 Å². The number of anilines is 1. The lowest BCUT2D eigenvalue weighted by atomic mass is 9.91. The van der Waals surface area contributed by atoms with Gasteiger partial charge in [0.1, 0.15) is 34.8 Å². The fourth-order valence-corrected chi connectivity index (χ4v) is 8.46. The van der Waals surface area contributed by atoms with Gasteiger partial charge in [0.2, 0.25) is 0 Å². The number of nitrogens with zero attached hydrogens (tertiary/aromatic N) is 5. The Balaban J connectivity index is 1.42. The fraction of sp³-hybridized carbons (Fsp3) is 0.442. The molecule has 5 aromatic rings.